The Kier molecular flexibility index (Phi) is 2.79. The summed E-state index contributed by atoms with van der Waals surface area (Å²) in [5, 5.41) is 0. The highest BCUT2D eigenvalue weighted by molar-refractivity contribution is 6.20. The van der Waals surface area contributed by atoms with E-state index in [-0.39, 0.29) is 5.50 Å². The number of rotatable bonds is 3. The maximum atomic E-state index is 5.88. The molecule has 11 heavy (non-hydrogen) atoms. The normalized spacial score (nSPS) is 19.1. The van der Waals surface area contributed by atoms with Crippen LogP contribution in [0.5, 0.6) is 0 Å². The number of hydrogen-bond acceptors (Lipinski definition) is 3. The molecule has 0 aromatic heterocycles. The molecule has 1 aliphatic rings. The number of halogens is 1. The number of alkyl halides is 1. The Hall–Kier alpha value is -0.670. The van der Waals surface area contributed by atoms with Crippen LogP contribution >= 0.6 is 11.6 Å². The fourth-order valence-electron chi connectivity index (χ4n) is 0.890. The molecule has 0 bridgehead atoms. The Morgan fingerprint density at radius 2 is 2.45 bits per heavy atom. The Morgan fingerprint density at radius 1 is 1.73 bits per heavy atom. The van der Waals surface area contributed by atoms with Gasteiger partial charge in [-0.05, 0) is 6.20 Å². The molecule has 0 aromatic rings. The minimum atomic E-state index is -0.115. The summed E-state index contributed by atoms with van der Waals surface area (Å²) in [6.07, 6.45) is 5.57. The van der Waals surface area contributed by atoms with Gasteiger partial charge >= 0.3 is 0 Å². The fraction of sp³-hybridized carbons (Fsp3) is 0.429. The van der Waals surface area contributed by atoms with Crippen LogP contribution in [0.15, 0.2) is 25.2 Å². The van der Waals surface area contributed by atoms with Crippen LogP contribution in [-0.4, -0.2) is 28.5 Å². The lowest BCUT2D eigenvalue weighted by atomic mass is 10.6. The largest absolute Gasteiger partial charge is 0.341 e. The standard InChI is InChI=1S/C7H12ClN3/c1-2-10-3-4-11(6-10)7(8)5-9/h2-4,7H,1,5-6,9H2. The van der Waals surface area contributed by atoms with Crippen LogP contribution in [0.25, 0.3) is 0 Å². The van der Waals surface area contributed by atoms with E-state index >= 15 is 0 Å². The maximum Gasteiger partial charge on any atom is 0.117 e. The first-order valence-electron chi connectivity index (χ1n) is 3.44. The first kappa shape index (κ1) is 8.43. The van der Waals surface area contributed by atoms with Crippen molar-refractivity contribution >= 4 is 11.6 Å². The van der Waals surface area contributed by atoms with Crippen LogP contribution in [0, 0.1) is 0 Å². The van der Waals surface area contributed by atoms with Crippen molar-refractivity contribution in [2.45, 2.75) is 5.50 Å². The first-order chi connectivity index (χ1) is 5.27. The molecule has 0 fully saturated rings. The molecule has 0 aromatic carbocycles. The van der Waals surface area contributed by atoms with Gasteiger partial charge in [-0.25, -0.2) is 0 Å². The summed E-state index contributed by atoms with van der Waals surface area (Å²) in [4.78, 5) is 3.88. The van der Waals surface area contributed by atoms with Gasteiger partial charge in [-0.15, -0.1) is 0 Å². The highest BCUT2D eigenvalue weighted by Crippen LogP contribution is 2.12. The molecule has 3 nitrogen and oxygen atoms in total. The quantitative estimate of drug-likeness (QED) is 0.504. The van der Waals surface area contributed by atoms with E-state index in [2.05, 4.69) is 6.58 Å². The zero-order chi connectivity index (χ0) is 8.27. The average Bonchev–Trinajstić information content (AvgIpc) is 2.50. The molecule has 0 amide bonds. The van der Waals surface area contributed by atoms with E-state index in [0.29, 0.717) is 6.54 Å². The summed E-state index contributed by atoms with van der Waals surface area (Å²) < 4.78 is 0. The van der Waals surface area contributed by atoms with Crippen molar-refractivity contribution in [2.24, 2.45) is 5.73 Å². The summed E-state index contributed by atoms with van der Waals surface area (Å²) >= 11 is 5.88. The second-order valence-corrected chi connectivity index (χ2v) is 2.82. The lowest BCUT2D eigenvalue weighted by Gasteiger charge is -2.22. The van der Waals surface area contributed by atoms with Crippen LogP contribution in [0.1, 0.15) is 0 Å². The summed E-state index contributed by atoms with van der Waals surface area (Å²) in [5.74, 6) is 0. The van der Waals surface area contributed by atoms with Crippen molar-refractivity contribution in [1.82, 2.24) is 9.80 Å². The SMILES string of the molecule is C=CN1C=CN(C(Cl)CN)C1. The van der Waals surface area contributed by atoms with Gasteiger partial charge in [0.2, 0.25) is 0 Å². The van der Waals surface area contributed by atoms with E-state index in [1.807, 2.05) is 22.2 Å². The van der Waals surface area contributed by atoms with Gasteiger partial charge in [0.15, 0.2) is 0 Å². The molecule has 1 heterocycles. The number of nitrogens with zero attached hydrogens (tertiary/aromatic N) is 2. The van der Waals surface area contributed by atoms with E-state index in [4.69, 9.17) is 17.3 Å². The summed E-state index contributed by atoms with van der Waals surface area (Å²) in [6.45, 7) is 4.84. The molecular formula is C7H12ClN3. The number of hydrogen-bond donors (Lipinski definition) is 1. The van der Waals surface area contributed by atoms with Gasteiger partial charge in [-0.3, -0.25) is 0 Å². The molecule has 62 valence electrons. The topological polar surface area (TPSA) is 32.5 Å². The molecule has 1 atom stereocenters. The fourth-order valence-corrected chi connectivity index (χ4v) is 1.02. The lowest BCUT2D eigenvalue weighted by Crippen LogP contribution is -2.33. The van der Waals surface area contributed by atoms with Gasteiger partial charge < -0.3 is 15.5 Å². The monoisotopic (exact) mass is 173 g/mol. The Balaban J connectivity index is 2.42. The molecule has 1 aliphatic heterocycles. The molecule has 4 heteroatoms. The van der Waals surface area contributed by atoms with Crippen molar-refractivity contribution in [3.8, 4) is 0 Å². The second-order valence-electron chi connectivity index (χ2n) is 2.32. The zero-order valence-electron chi connectivity index (χ0n) is 6.28. The van der Waals surface area contributed by atoms with Crippen molar-refractivity contribution in [3.63, 3.8) is 0 Å². The minimum Gasteiger partial charge on any atom is -0.341 e. The third-order valence-corrected chi connectivity index (χ3v) is 1.99. The smallest absolute Gasteiger partial charge is 0.117 e. The molecule has 0 saturated carbocycles. The molecule has 0 radical (unpaired) electrons. The summed E-state index contributed by atoms with van der Waals surface area (Å²) in [5.41, 5.74) is 5.27. The van der Waals surface area contributed by atoms with Gasteiger partial charge in [0.25, 0.3) is 0 Å². The van der Waals surface area contributed by atoms with E-state index in [1.54, 1.807) is 6.20 Å². The van der Waals surface area contributed by atoms with E-state index < -0.39 is 0 Å². The van der Waals surface area contributed by atoms with Crippen LogP contribution in [-0.2, 0) is 0 Å². The summed E-state index contributed by atoms with van der Waals surface area (Å²) in [6, 6.07) is 0. The van der Waals surface area contributed by atoms with E-state index in [1.165, 1.54) is 0 Å². The van der Waals surface area contributed by atoms with Gasteiger partial charge in [0.05, 0.1) is 6.67 Å². The maximum absolute atomic E-state index is 5.88. The van der Waals surface area contributed by atoms with E-state index in [9.17, 15) is 0 Å². The molecule has 0 spiro atoms. The van der Waals surface area contributed by atoms with Crippen LogP contribution in [0.4, 0.5) is 0 Å². The minimum absolute atomic E-state index is 0.115. The Labute approximate surface area is 71.7 Å². The lowest BCUT2D eigenvalue weighted by molar-refractivity contribution is 0.298. The zero-order valence-corrected chi connectivity index (χ0v) is 7.04. The molecule has 1 unspecified atom stereocenters. The third kappa shape index (κ3) is 1.88. The van der Waals surface area contributed by atoms with Crippen molar-refractivity contribution < 1.29 is 0 Å². The average molecular weight is 174 g/mol. The first-order valence-corrected chi connectivity index (χ1v) is 3.88. The van der Waals surface area contributed by atoms with Gasteiger partial charge in [0.1, 0.15) is 5.50 Å². The Morgan fingerprint density at radius 3 is 2.91 bits per heavy atom. The van der Waals surface area contributed by atoms with Crippen LogP contribution < -0.4 is 5.73 Å². The predicted octanol–water partition coefficient (Wildman–Crippen LogP) is 0.700. The van der Waals surface area contributed by atoms with Gasteiger partial charge in [-0.2, -0.15) is 0 Å². The molecule has 0 saturated heterocycles. The summed E-state index contributed by atoms with van der Waals surface area (Å²) in [7, 11) is 0. The van der Waals surface area contributed by atoms with Crippen molar-refractivity contribution in [2.75, 3.05) is 13.2 Å². The molecule has 2 N–H and O–H groups in total. The highest BCUT2D eigenvalue weighted by Gasteiger charge is 2.15. The van der Waals surface area contributed by atoms with E-state index in [0.717, 1.165) is 6.67 Å². The predicted molar refractivity (Wildman–Crippen MR) is 46.6 cm³/mol. The van der Waals surface area contributed by atoms with Crippen LogP contribution in [0.3, 0.4) is 0 Å². The molecule has 0 aliphatic carbocycles. The van der Waals surface area contributed by atoms with Crippen molar-refractivity contribution in [3.05, 3.63) is 25.2 Å². The second kappa shape index (κ2) is 3.64. The highest BCUT2D eigenvalue weighted by atomic mass is 35.5. The van der Waals surface area contributed by atoms with Crippen LogP contribution in [0.2, 0.25) is 0 Å². The van der Waals surface area contributed by atoms with Gasteiger partial charge in [-0.1, -0.05) is 18.2 Å². The molecular weight excluding hydrogens is 162 g/mol. The molecule has 1 rings (SSSR count). The van der Waals surface area contributed by atoms with Crippen molar-refractivity contribution in [1.29, 1.82) is 0 Å². The third-order valence-electron chi connectivity index (χ3n) is 1.57. The Bertz CT molecular complexity index is 169. The van der Waals surface area contributed by atoms with Gasteiger partial charge in [0, 0.05) is 18.9 Å². The number of nitrogens with two attached hydrogens (primary N) is 1.